The van der Waals surface area contributed by atoms with Crippen molar-refractivity contribution in [1.29, 1.82) is 0 Å². The van der Waals surface area contributed by atoms with Gasteiger partial charge in [0, 0.05) is 12.2 Å². The monoisotopic (exact) mass is 289 g/mol. The van der Waals surface area contributed by atoms with Gasteiger partial charge >= 0.3 is 12.2 Å². The van der Waals surface area contributed by atoms with E-state index in [0.717, 1.165) is 18.5 Å². The average molecular weight is 289 g/mol. The standard InChI is InChI=1S/C13H18F3N3O/c1-19(2)8-7-10-3-5-11(6-4-10)18-12(20)17-9-13(14,15)16/h3-6H,7-9H2,1-2H3,(H2,17,18,20). The third-order valence-electron chi connectivity index (χ3n) is 2.51. The Bertz CT molecular complexity index is 429. The molecule has 0 aliphatic carbocycles. The number of hydrogen-bond donors (Lipinski definition) is 2. The van der Waals surface area contributed by atoms with Crippen LogP contribution in [0.1, 0.15) is 5.56 Å². The molecule has 0 aliphatic rings. The molecule has 112 valence electrons. The molecular formula is C13H18F3N3O. The lowest BCUT2D eigenvalue weighted by Gasteiger charge is -2.11. The number of rotatable bonds is 5. The third-order valence-corrected chi connectivity index (χ3v) is 2.51. The van der Waals surface area contributed by atoms with Gasteiger partial charge in [0.25, 0.3) is 0 Å². The highest BCUT2D eigenvalue weighted by atomic mass is 19.4. The normalized spacial score (nSPS) is 11.5. The fourth-order valence-electron chi connectivity index (χ4n) is 1.46. The second kappa shape index (κ2) is 7.14. The first-order chi connectivity index (χ1) is 9.26. The van der Waals surface area contributed by atoms with E-state index in [1.54, 1.807) is 17.4 Å². The highest BCUT2D eigenvalue weighted by molar-refractivity contribution is 5.89. The lowest BCUT2D eigenvalue weighted by molar-refractivity contribution is -0.122. The Kier molecular flexibility index (Phi) is 5.82. The highest BCUT2D eigenvalue weighted by Crippen LogP contribution is 2.13. The molecule has 1 aromatic rings. The number of alkyl halides is 3. The summed E-state index contributed by atoms with van der Waals surface area (Å²) in [5.41, 5.74) is 1.55. The van der Waals surface area contributed by atoms with Crippen LogP contribution in [0.15, 0.2) is 24.3 Å². The third kappa shape index (κ3) is 6.98. The predicted molar refractivity (Wildman–Crippen MR) is 71.8 cm³/mol. The minimum absolute atomic E-state index is 0.457. The highest BCUT2D eigenvalue weighted by Gasteiger charge is 2.27. The Morgan fingerprint density at radius 1 is 1.20 bits per heavy atom. The van der Waals surface area contributed by atoms with Crippen molar-refractivity contribution in [2.75, 3.05) is 32.5 Å². The molecule has 4 nitrogen and oxygen atoms in total. The molecule has 20 heavy (non-hydrogen) atoms. The van der Waals surface area contributed by atoms with Crippen molar-refractivity contribution in [3.05, 3.63) is 29.8 Å². The predicted octanol–water partition coefficient (Wildman–Crippen LogP) is 2.47. The van der Waals surface area contributed by atoms with E-state index in [4.69, 9.17) is 0 Å². The number of urea groups is 1. The van der Waals surface area contributed by atoms with Gasteiger partial charge in [0.1, 0.15) is 6.54 Å². The first-order valence-corrected chi connectivity index (χ1v) is 6.11. The van der Waals surface area contributed by atoms with E-state index in [1.807, 2.05) is 26.2 Å². The molecule has 0 saturated heterocycles. The van der Waals surface area contributed by atoms with Crippen LogP contribution in [0.3, 0.4) is 0 Å². The first kappa shape index (κ1) is 16.3. The summed E-state index contributed by atoms with van der Waals surface area (Å²) in [7, 11) is 3.95. The minimum Gasteiger partial charge on any atom is -0.329 e. The van der Waals surface area contributed by atoms with Crippen LogP contribution in [0.25, 0.3) is 0 Å². The fraction of sp³-hybridized carbons (Fsp3) is 0.462. The number of hydrogen-bond acceptors (Lipinski definition) is 2. The smallest absolute Gasteiger partial charge is 0.329 e. The average Bonchev–Trinajstić information content (AvgIpc) is 2.35. The van der Waals surface area contributed by atoms with Gasteiger partial charge in [-0.15, -0.1) is 0 Å². The Balaban J connectivity index is 2.43. The molecule has 0 unspecified atom stereocenters. The van der Waals surface area contributed by atoms with Gasteiger partial charge in [-0.05, 0) is 38.2 Å². The molecule has 0 aromatic heterocycles. The second-order valence-electron chi connectivity index (χ2n) is 4.67. The topological polar surface area (TPSA) is 44.4 Å². The van der Waals surface area contributed by atoms with E-state index in [9.17, 15) is 18.0 Å². The summed E-state index contributed by atoms with van der Waals surface area (Å²) in [6.07, 6.45) is -3.54. The summed E-state index contributed by atoms with van der Waals surface area (Å²) in [6, 6.07) is 6.13. The molecule has 0 bridgehead atoms. The Hall–Kier alpha value is -1.76. The number of likely N-dealkylation sites (N-methyl/N-ethyl adjacent to an activating group) is 1. The molecule has 0 saturated carbocycles. The molecule has 1 rings (SSSR count). The van der Waals surface area contributed by atoms with E-state index < -0.39 is 18.8 Å². The molecule has 0 radical (unpaired) electrons. The summed E-state index contributed by atoms with van der Waals surface area (Å²) in [5, 5.41) is 4.09. The van der Waals surface area contributed by atoms with E-state index in [2.05, 4.69) is 10.2 Å². The summed E-state index contributed by atoms with van der Waals surface area (Å²) in [6.45, 7) is -0.446. The summed E-state index contributed by atoms with van der Waals surface area (Å²) in [4.78, 5) is 13.3. The summed E-state index contributed by atoms with van der Waals surface area (Å²) in [5.74, 6) is 0. The molecule has 2 amide bonds. The number of halogens is 3. The maximum atomic E-state index is 11.9. The van der Waals surface area contributed by atoms with E-state index in [0.29, 0.717) is 5.69 Å². The Labute approximate surface area is 116 Å². The molecule has 0 spiro atoms. The minimum atomic E-state index is -4.41. The van der Waals surface area contributed by atoms with Crippen molar-refractivity contribution in [1.82, 2.24) is 10.2 Å². The lowest BCUT2D eigenvalue weighted by Crippen LogP contribution is -2.36. The van der Waals surface area contributed by atoms with Gasteiger partial charge in [0.05, 0.1) is 0 Å². The van der Waals surface area contributed by atoms with E-state index >= 15 is 0 Å². The van der Waals surface area contributed by atoms with Gasteiger partial charge < -0.3 is 15.5 Å². The fourth-order valence-corrected chi connectivity index (χ4v) is 1.46. The zero-order valence-electron chi connectivity index (χ0n) is 11.4. The van der Waals surface area contributed by atoms with Crippen molar-refractivity contribution < 1.29 is 18.0 Å². The van der Waals surface area contributed by atoms with Gasteiger partial charge in [0.2, 0.25) is 0 Å². The quantitative estimate of drug-likeness (QED) is 0.874. The Morgan fingerprint density at radius 3 is 2.30 bits per heavy atom. The van der Waals surface area contributed by atoms with Crippen molar-refractivity contribution in [2.24, 2.45) is 0 Å². The van der Waals surface area contributed by atoms with Gasteiger partial charge in [0.15, 0.2) is 0 Å². The van der Waals surface area contributed by atoms with Crippen LogP contribution in [0.4, 0.5) is 23.7 Å². The molecule has 0 heterocycles. The number of carbonyl (C=O) groups excluding carboxylic acids is 1. The second-order valence-corrected chi connectivity index (χ2v) is 4.67. The number of nitrogens with zero attached hydrogens (tertiary/aromatic N) is 1. The Morgan fingerprint density at radius 2 is 1.80 bits per heavy atom. The molecule has 2 N–H and O–H groups in total. The SMILES string of the molecule is CN(C)CCc1ccc(NC(=O)NCC(F)(F)F)cc1. The van der Waals surface area contributed by atoms with Crippen LogP contribution in [0.5, 0.6) is 0 Å². The van der Waals surface area contributed by atoms with Crippen LogP contribution in [-0.2, 0) is 6.42 Å². The maximum absolute atomic E-state index is 11.9. The van der Waals surface area contributed by atoms with E-state index in [-0.39, 0.29) is 0 Å². The number of anilines is 1. The largest absolute Gasteiger partial charge is 0.405 e. The summed E-state index contributed by atoms with van der Waals surface area (Å²) >= 11 is 0. The number of carbonyl (C=O) groups is 1. The molecule has 0 fully saturated rings. The van der Waals surface area contributed by atoms with Crippen LogP contribution >= 0.6 is 0 Å². The van der Waals surface area contributed by atoms with Crippen LogP contribution < -0.4 is 10.6 Å². The number of nitrogens with one attached hydrogen (secondary N) is 2. The van der Waals surface area contributed by atoms with E-state index in [1.165, 1.54) is 0 Å². The summed E-state index contributed by atoms with van der Waals surface area (Å²) < 4.78 is 35.7. The van der Waals surface area contributed by atoms with Crippen molar-refractivity contribution >= 4 is 11.7 Å². The number of amides is 2. The zero-order chi connectivity index (χ0) is 15.2. The zero-order valence-corrected chi connectivity index (χ0v) is 11.4. The number of benzene rings is 1. The molecule has 0 atom stereocenters. The van der Waals surface area contributed by atoms with Crippen LogP contribution in [0.2, 0.25) is 0 Å². The van der Waals surface area contributed by atoms with Crippen molar-refractivity contribution in [3.8, 4) is 0 Å². The lowest BCUT2D eigenvalue weighted by atomic mass is 10.1. The molecular weight excluding hydrogens is 271 g/mol. The van der Waals surface area contributed by atoms with Gasteiger partial charge in [-0.1, -0.05) is 12.1 Å². The van der Waals surface area contributed by atoms with Crippen molar-refractivity contribution in [2.45, 2.75) is 12.6 Å². The van der Waals surface area contributed by atoms with Crippen LogP contribution in [-0.4, -0.2) is 44.3 Å². The van der Waals surface area contributed by atoms with Crippen molar-refractivity contribution in [3.63, 3.8) is 0 Å². The van der Waals surface area contributed by atoms with Crippen LogP contribution in [0, 0.1) is 0 Å². The van der Waals surface area contributed by atoms with Gasteiger partial charge in [-0.3, -0.25) is 0 Å². The first-order valence-electron chi connectivity index (χ1n) is 6.11. The molecule has 1 aromatic carbocycles. The van der Waals surface area contributed by atoms with Gasteiger partial charge in [-0.2, -0.15) is 13.2 Å². The maximum Gasteiger partial charge on any atom is 0.405 e. The molecule has 0 aliphatic heterocycles. The van der Waals surface area contributed by atoms with Gasteiger partial charge in [-0.25, -0.2) is 4.79 Å². The molecule has 7 heteroatoms.